The van der Waals surface area contributed by atoms with Crippen LogP contribution in [0.2, 0.25) is 0 Å². The number of fused-ring (bicyclic) bond motifs is 1. The molecule has 0 saturated heterocycles. The Morgan fingerprint density at radius 3 is 2.92 bits per heavy atom. The van der Waals surface area contributed by atoms with E-state index in [1.54, 1.807) is 22.7 Å². The summed E-state index contributed by atoms with van der Waals surface area (Å²) in [5.74, 6) is 2.31. The molecule has 5 rings (SSSR count). The molecule has 2 N–H and O–H groups in total. The fraction of sp³-hybridized carbons (Fsp3) is 0.235. The van der Waals surface area contributed by atoms with E-state index in [1.165, 1.54) is 0 Å². The predicted octanol–water partition coefficient (Wildman–Crippen LogP) is 3.42. The first kappa shape index (κ1) is 15.6. The van der Waals surface area contributed by atoms with Crippen LogP contribution < -0.4 is 20.1 Å². The summed E-state index contributed by atoms with van der Waals surface area (Å²) in [5, 5.41) is 12.2. The van der Waals surface area contributed by atoms with Gasteiger partial charge < -0.3 is 20.1 Å². The van der Waals surface area contributed by atoms with Crippen LogP contribution >= 0.6 is 22.7 Å². The Morgan fingerprint density at radius 2 is 2.00 bits per heavy atom. The van der Waals surface area contributed by atoms with Crippen LogP contribution in [-0.4, -0.2) is 35.8 Å². The maximum atomic E-state index is 5.59. The van der Waals surface area contributed by atoms with E-state index >= 15 is 0 Å². The normalized spacial score (nSPS) is 15.5. The summed E-state index contributed by atoms with van der Waals surface area (Å²) < 4.78 is 11.0. The van der Waals surface area contributed by atoms with Crippen molar-refractivity contribution in [2.45, 2.75) is 6.42 Å². The average molecular weight is 385 g/mol. The van der Waals surface area contributed by atoms with Gasteiger partial charge >= 0.3 is 0 Å². The van der Waals surface area contributed by atoms with Crippen molar-refractivity contribution in [3.63, 3.8) is 0 Å². The third kappa shape index (κ3) is 2.89. The molecule has 26 heavy (non-hydrogen) atoms. The molecular formula is C17H15N5O2S2. The summed E-state index contributed by atoms with van der Waals surface area (Å²) in [6.45, 7) is 2.03. The standard InChI is InChI=1S/C17H15N5O2S2/c1-3-10(14-13(4-1)23-9-24-14)15-20-11(7-25-15)12-8-26-17(21-12)22-16-18-5-2-6-19-16/h1,3-4,7-8H,2,5-6,9H2,(H2,18,19,21,22). The predicted molar refractivity (Wildman–Crippen MR) is 103 cm³/mol. The highest BCUT2D eigenvalue weighted by Crippen LogP contribution is 2.42. The minimum absolute atomic E-state index is 0.254. The van der Waals surface area contributed by atoms with Crippen LogP contribution in [0.3, 0.4) is 0 Å². The average Bonchev–Trinajstić information content (AvgIpc) is 3.42. The van der Waals surface area contributed by atoms with E-state index in [1.807, 2.05) is 29.0 Å². The van der Waals surface area contributed by atoms with Crippen molar-refractivity contribution < 1.29 is 9.47 Å². The zero-order valence-corrected chi connectivity index (χ0v) is 15.3. The number of benzene rings is 1. The number of guanidine groups is 1. The van der Waals surface area contributed by atoms with Crippen LogP contribution in [0.15, 0.2) is 34.0 Å². The van der Waals surface area contributed by atoms with Gasteiger partial charge in [0.1, 0.15) is 16.4 Å². The second-order valence-electron chi connectivity index (χ2n) is 5.75. The highest BCUT2D eigenvalue weighted by atomic mass is 32.1. The molecule has 9 heteroatoms. The molecule has 0 amide bonds. The number of nitrogens with one attached hydrogen (secondary N) is 2. The monoisotopic (exact) mass is 385 g/mol. The summed E-state index contributed by atoms with van der Waals surface area (Å²) in [6, 6.07) is 5.85. The molecule has 7 nitrogen and oxygen atoms in total. The molecule has 4 heterocycles. The lowest BCUT2D eigenvalue weighted by atomic mass is 10.2. The van der Waals surface area contributed by atoms with Crippen LogP contribution in [-0.2, 0) is 0 Å². The van der Waals surface area contributed by atoms with Gasteiger partial charge in [-0.3, -0.25) is 4.99 Å². The number of rotatable bonds is 3. The number of thiazole rings is 2. The Bertz CT molecular complexity index is 981. The van der Waals surface area contributed by atoms with Gasteiger partial charge in [0.25, 0.3) is 0 Å². The van der Waals surface area contributed by atoms with Crippen molar-refractivity contribution in [3.8, 4) is 33.5 Å². The van der Waals surface area contributed by atoms with Gasteiger partial charge in [0.2, 0.25) is 6.79 Å². The molecule has 0 aliphatic carbocycles. The molecule has 0 radical (unpaired) electrons. The Hall–Kier alpha value is -2.65. The number of nitrogens with zero attached hydrogens (tertiary/aromatic N) is 3. The first-order valence-corrected chi connectivity index (χ1v) is 9.98. The van der Waals surface area contributed by atoms with Crippen molar-refractivity contribution in [1.82, 2.24) is 15.3 Å². The van der Waals surface area contributed by atoms with E-state index in [2.05, 4.69) is 20.6 Å². The largest absolute Gasteiger partial charge is 0.454 e. The molecule has 0 saturated carbocycles. The van der Waals surface area contributed by atoms with Gasteiger partial charge in [-0.1, -0.05) is 6.07 Å². The molecule has 0 bridgehead atoms. The number of ether oxygens (including phenoxy) is 2. The topological polar surface area (TPSA) is 80.7 Å². The van der Waals surface area contributed by atoms with Crippen LogP contribution in [0.1, 0.15) is 6.42 Å². The van der Waals surface area contributed by atoms with Crippen LogP contribution in [0.4, 0.5) is 5.13 Å². The summed E-state index contributed by atoms with van der Waals surface area (Å²) >= 11 is 3.11. The number of hydrogen-bond acceptors (Lipinski definition) is 9. The van der Waals surface area contributed by atoms with Crippen molar-refractivity contribution >= 4 is 33.8 Å². The SMILES string of the molecule is c1cc2c(c(-c3nc(-c4csc(NC5=NCCCN5)n4)cs3)c1)OCO2. The molecule has 0 spiro atoms. The Balaban J connectivity index is 1.39. The van der Waals surface area contributed by atoms with Crippen molar-refractivity contribution in [2.75, 3.05) is 25.2 Å². The third-order valence-electron chi connectivity index (χ3n) is 4.02. The number of aliphatic imine (C=N–C) groups is 1. The van der Waals surface area contributed by atoms with Crippen LogP contribution in [0, 0.1) is 0 Å². The molecule has 2 aliphatic rings. The molecule has 2 aliphatic heterocycles. The Morgan fingerprint density at radius 1 is 1.08 bits per heavy atom. The number of anilines is 1. The minimum atomic E-state index is 0.254. The fourth-order valence-electron chi connectivity index (χ4n) is 2.78. The maximum Gasteiger partial charge on any atom is 0.231 e. The molecule has 3 aromatic rings. The van der Waals surface area contributed by atoms with E-state index < -0.39 is 0 Å². The third-order valence-corrected chi connectivity index (χ3v) is 5.65. The van der Waals surface area contributed by atoms with Crippen LogP contribution in [0.25, 0.3) is 22.0 Å². The molecule has 2 aromatic heterocycles. The molecule has 0 fully saturated rings. The lowest BCUT2D eigenvalue weighted by Gasteiger charge is -2.13. The van der Waals surface area contributed by atoms with Gasteiger partial charge in [-0.15, -0.1) is 22.7 Å². The van der Waals surface area contributed by atoms with Gasteiger partial charge in [-0.2, -0.15) is 0 Å². The van der Waals surface area contributed by atoms with E-state index in [-0.39, 0.29) is 6.79 Å². The van der Waals surface area contributed by atoms with Gasteiger partial charge in [0.15, 0.2) is 22.6 Å². The summed E-state index contributed by atoms with van der Waals surface area (Å²) in [4.78, 5) is 13.8. The first-order valence-electron chi connectivity index (χ1n) is 8.22. The molecule has 132 valence electrons. The second kappa shape index (κ2) is 6.58. The van der Waals surface area contributed by atoms with Crippen molar-refractivity contribution in [3.05, 3.63) is 29.0 Å². The van der Waals surface area contributed by atoms with Crippen molar-refractivity contribution in [2.24, 2.45) is 4.99 Å². The first-order chi connectivity index (χ1) is 12.9. The highest BCUT2D eigenvalue weighted by Gasteiger charge is 2.21. The summed E-state index contributed by atoms with van der Waals surface area (Å²) in [5.41, 5.74) is 2.65. The smallest absolute Gasteiger partial charge is 0.231 e. The Kier molecular flexibility index (Phi) is 3.95. The summed E-state index contributed by atoms with van der Waals surface area (Å²) in [6.07, 6.45) is 1.06. The Labute approximate surface area is 157 Å². The molecule has 0 unspecified atom stereocenters. The number of para-hydroxylation sites is 1. The lowest BCUT2D eigenvalue weighted by Crippen LogP contribution is -2.35. The molecule has 1 aromatic carbocycles. The van der Waals surface area contributed by atoms with E-state index in [4.69, 9.17) is 14.5 Å². The summed E-state index contributed by atoms with van der Waals surface area (Å²) in [7, 11) is 0. The van der Waals surface area contributed by atoms with Crippen LogP contribution in [0.5, 0.6) is 11.5 Å². The second-order valence-corrected chi connectivity index (χ2v) is 7.47. The van der Waals surface area contributed by atoms with Gasteiger partial charge in [0.05, 0.1) is 5.56 Å². The minimum Gasteiger partial charge on any atom is -0.454 e. The van der Waals surface area contributed by atoms with Gasteiger partial charge in [-0.25, -0.2) is 9.97 Å². The zero-order chi connectivity index (χ0) is 17.3. The fourth-order valence-corrected chi connectivity index (χ4v) is 4.32. The number of aromatic nitrogens is 2. The van der Waals surface area contributed by atoms with Crippen molar-refractivity contribution in [1.29, 1.82) is 0 Å². The number of hydrogen-bond donors (Lipinski definition) is 2. The quantitative estimate of drug-likeness (QED) is 0.719. The van der Waals surface area contributed by atoms with Gasteiger partial charge in [-0.05, 0) is 18.6 Å². The highest BCUT2D eigenvalue weighted by molar-refractivity contribution is 7.14. The molecular weight excluding hydrogens is 370 g/mol. The zero-order valence-electron chi connectivity index (χ0n) is 13.7. The molecule has 0 atom stereocenters. The lowest BCUT2D eigenvalue weighted by molar-refractivity contribution is 0.174. The van der Waals surface area contributed by atoms with E-state index in [0.29, 0.717) is 0 Å². The maximum absolute atomic E-state index is 5.59. The van der Waals surface area contributed by atoms with Gasteiger partial charge in [0, 0.05) is 23.8 Å². The van der Waals surface area contributed by atoms with E-state index in [9.17, 15) is 0 Å². The van der Waals surface area contributed by atoms with E-state index in [0.717, 1.165) is 64.1 Å².